The van der Waals surface area contributed by atoms with Crippen molar-refractivity contribution in [1.29, 1.82) is 0 Å². The molecule has 2 aliphatic rings. The van der Waals surface area contributed by atoms with Crippen LogP contribution in [0.4, 0.5) is 5.69 Å². The van der Waals surface area contributed by atoms with E-state index in [9.17, 15) is 4.79 Å². The highest BCUT2D eigenvalue weighted by Gasteiger charge is 2.26. The monoisotopic (exact) mass is 187 g/mol. The van der Waals surface area contributed by atoms with E-state index in [1.54, 1.807) is 0 Å². The van der Waals surface area contributed by atoms with Gasteiger partial charge in [0.1, 0.15) is 0 Å². The van der Waals surface area contributed by atoms with Crippen LogP contribution < -0.4 is 5.73 Å². The first-order chi connectivity index (χ1) is 6.77. The summed E-state index contributed by atoms with van der Waals surface area (Å²) in [5, 5.41) is 0. The quantitative estimate of drug-likeness (QED) is 0.630. The third-order valence-electron chi connectivity index (χ3n) is 3.46. The molecule has 0 aromatic heterocycles. The Morgan fingerprint density at radius 2 is 1.93 bits per heavy atom. The number of benzene rings is 1. The summed E-state index contributed by atoms with van der Waals surface area (Å²) in [6.07, 6.45) is 4.90. The molecule has 0 heterocycles. The Balaban J connectivity index is 2.29. The van der Waals surface area contributed by atoms with Crippen molar-refractivity contribution in [3.63, 3.8) is 0 Å². The summed E-state index contributed by atoms with van der Waals surface area (Å²) in [6.45, 7) is 0. The van der Waals surface area contributed by atoms with Gasteiger partial charge in [0.25, 0.3) is 0 Å². The maximum atomic E-state index is 11.6. The van der Waals surface area contributed by atoms with Gasteiger partial charge in [-0.05, 0) is 48.4 Å². The van der Waals surface area contributed by atoms with Crippen molar-refractivity contribution < 1.29 is 4.79 Å². The number of nitrogen functional groups attached to an aromatic ring is 1. The summed E-state index contributed by atoms with van der Waals surface area (Å²) in [6, 6.07) is 2.09. The average molecular weight is 187 g/mol. The van der Waals surface area contributed by atoms with Crippen molar-refractivity contribution in [2.75, 3.05) is 5.73 Å². The van der Waals surface area contributed by atoms with Crippen LogP contribution in [-0.2, 0) is 19.3 Å². The summed E-state index contributed by atoms with van der Waals surface area (Å²) in [7, 11) is 0. The van der Waals surface area contributed by atoms with Gasteiger partial charge in [-0.15, -0.1) is 0 Å². The summed E-state index contributed by atoms with van der Waals surface area (Å²) in [5.41, 5.74) is 11.7. The van der Waals surface area contributed by atoms with Gasteiger partial charge in [-0.2, -0.15) is 0 Å². The van der Waals surface area contributed by atoms with Gasteiger partial charge in [-0.1, -0.05) is 0 Å². The fourth-order valence-corrected chi connectivity index (χ4v) is 2.71. The molecule has 0 saturated carbocycles. The molecule has 0 unspecified atom stereocenters. The minimum atomic E-state index is 0.279. The van der Waals surface area contributed by atoms with E-state index in [1.165, 1.54) is 17.5 Å². The van der Waals surface area contributed by atoms with Crippen molar-refractivity contribution in [2.24, 2.45) is 0 Å². The number of fused-ring (bicyclic) bond motifs is 2. The van der Waals surface area contributed by atoms with Gasteiger partial charge in [-0.3, -0.25) is 4.79 Å². The molecule has 2 nitrogen and oxygen atoms in total. The van der Waals surface area contributed by atoms with Gasteiger partial charge in [-0.25, -0.2) is 0 Å². The smallest absolute Gasteiger partial charge is 0.163 e. The third-order valence-corrected chi connectivity index (χ3v) is 3.46. The highest BCUT2D eigenvalue weighted by atomic mass is 16.1. The van der Waals surface area contributed by atoms with E-state index in [0.29, 0.717) is 6.42 Å². The van der Waals surface area contributed by atoms with Gasteiger partial charge < -0.3 is 5.73 Å². The molecule has 72 valence electrons. The summed E-state index contributed by atoms with van der Waals surface area (Å²) >= 11 is 0. The Morgan fingerprint density at radius 3 is 2.79 bits per heavy atom. The Labute approximate surface area is 83.1 Å². The number of hydrogen-bond donors (Lipinski definition) is 1. The topological polar surface area (TPSA) is 43.1 Å². The van der Waals surface area contributed by atoms with E-state index >= 15 is 0 Å². The third kappa shape index (κ3) is 0.884. The first-order valence-electron chi connectivity index (χ1n) is 5.23. The fourth-order valence-electron chi connectivity index (χ4n) is 2.71. The molecule has 0 amide bonds. The Kier molecular flexibility index (Phi) is 1.49. The lowest BCUT2D eigenvalue weighted by molar-refractivity contribution is 0.0994. The lowest BCUT2D eigenvalue weighted by Crippen LogP contribution is -2.01. The standard InChI is InChI=1S/C12H13NO/c13-12-8-3-1-2-7(8)6-10-9(12)4-5-11(10)14/h6H,1-5,13H2. The molecule has 0 radical (unpaired) electrons. The van der Waals surface area contributed by atoms with Crippen LogP contribution in [0.3, 0.4) is 0 Å². The maximum Gasteiger partial charge on any atom is 0.163 e. The van der Waals surface area contributed by atoms with E-state index < -0.39 is 0 Å². The van der Waals surface area contributed by atoms with Gasteiger partial charge >= 0.3 is 0 Å². The summed E-state index contributed by atoms with van der Waals surface area (Å²) < 4.78 is 0. The van der Waals surface area contributed by atoms with Crippen LogP contribution in [0.5, 0.6) is 0 Å². The van der Waals surface area contributed by atoms with Gasteiger partial charge in [0, 0.05) is 17.7 Å². The van der Waals surface area contributed by atoms with Crippen LogP contribution in [0, 0.1) is 0 Å². The molecule has 1 aromatic carbocycles. The van der Waals surface area contributed by atoms with E-state index in [2.05, 4.69) is 6.07 Å². The van der Waals surface area contributed by atoms with Crippen molar-refractivity contribution in [2.45, 2.75) is 32.1 Å². The van der Waals surface area contributed by atoms with Crippen LogP contribution >= 0.6 is 0 Å². The summed E-state index contributed by atoms with van der Waals surface area (Å²) in [4.78, 5) is 11.6. The van der Waals surface area contributed by atoms with Gasteiger partial charge in [0.05, 0.1) is 0 Å². The SMILES string of the molecule is Nc1c2c(cc3c1CCC3=O)CCC2. The number of hydrogen-bond acceptors (Lipinski definition) is 2. The second-order valence-electron chi connectivity index (χ2n) is 4.23. The minimum absolute atomic E-state index is 0.279. The Morgan fingerprint density at radius 1 is 1.07 bits per heavy atom. The van der Waals surface area contributed by atoms with Crippen LogP contribution in [0.1, 0.15) is 39.9 Å². The molecule has 0 aliphatic heterocycles. The normalized spacial score (nSPS) is 18.4. The summed E-state index contributed by atoms with van der Waals surface area (Å²) in [5.74, 6) is 0.279. The lowest BCUT2D eigenvalue weighted by atomic mass is 9.99. The number of rotatable bonds is 0. The van der Waals surface area contributed by atoms with Crippen LogP contribution in [0.2, 0.25) is 0 Å². The van der Waals surface area contributed by atoms with Crippen LogP contribution in [0.15, 0.2) is 6.07 Å². The molecule has 3 rings (SSSR count). The highest BCUT2D eigenvalue weighted by molar-refractivity contribution is 6.02. The van der Waals surface area contributed by atoms with Crippen molar-refractivity contribution in [3.8, 4) is 0 Å². The molecule has 2 aliphatic carbocycles. The minimum Gasteiger partial charge on any atom is -0.398 e. The van der Waals surface area contributed by atoms with Gasteiger partial charge in [0.15, 0.2) is 5.78 Å². The zero-order chi connectivity index (χ0) is 9.71. The lowest BCUT2D eigenvalue weighted by Gasteiger charge is -2.09. The second kappa shape index (κ2) is 2.59. The number of carbonyl (C=O) groups excluding carboxylic acids is 1. The zero-order valence-electron chi connectivity index (χ0n) is 8.10. The van der Waals surface area contributed by atoms with Crippen molar-refractivity contribution in [1.82, 2.24) is 0 Å². The molecule has 2 heteroatoms. The molecule has 0 fully saturated rings. The second-order valence-corrected chi connectivity index (χ2v) is 4.23. The van der Waals surface area contributed by atoms with E-state index in [1.807, 2.05) is 0 Å². The zero-order valence-corrected chi connectivity index (χ0v) is 8.10. The van der Waals surface area contributed by atoms with E-state index in [4.69, 9.17) is 5.73 Å². The number of nitrogens with two attached hydrogens (primary N) is 1. The predicted octanol–water partition coefficient (Wildman–Crippen LogP) is 1.89. The molecule has 0 bridgehead atoms. The first kappa shape index (κ1) is 8.04. The van der Waals surface area contributed by atoms with E-state index in [-0.39, 0.29) is 5.78 Å². The first-order valence-corrected chi connectivity index (χ1v) is 5.23. The highest BCUT2D eigenvalue weighted by Crippen LogP contribution is 2.36. The maximum absolute atomic E-state index is 11.6. The van der Waals surface area contributed by atoms with Crippen LogP contribution in [0.25, 0.3) is 0 Å². The van der Waals surface area contributed by atoms with Crippen molar-refractivity contribution in [3.05, 3.63) is 28.3 Å². The number of anilines is 1. The molecule has 0 spiro atoms. The van der Waals surface area contributed by atoms with Crippen molar-refractivity contribution >= 4 is 11.5 Å². The number of Topliss-reactive ketones (excluding diaryl/α,β-unsaturated/α-hetero) is 1. The Hall–Kier alpha value is -1.31. The number of carbonyl (C=O) groups is 1. The molecule has 2 N–H and O–H groups in total. The number of ketones is 1. The average Bonchev–Trinajstić information content (AvgIpc) is 2.75. The molecule has 14 heavy (non-hydrogen) atoms. The Bertz CT molecular complexity index is 434. The molecule has 0 atom stereocenters. The number of aryl methyl sites for hydroxylation is 1. The molecule has 0 saturated heterocycles. The predicted molar refractivity (Wildman–Crippen MR) is 55.5 cm³/mol. The molecule has 1 aromatic rings. The van der Waals surface area contributed by atoms with E-state index in [0.717, 1.165) is 36.1 Å². The fraction of sp³-hybridized carbons (Fsp3) is 0.417. The molecular weight excluding hydrogens is 174 g/mol. The van der Waals surface area contributed by atoms with Gasteiger partial charge in [0.2, 0.25) is 0 Å². The van der Waals surface area contributed by atoms with Crippen LogP contribution in [-0.4, -0.2) is 5.78 Å². The molecular formula is C12H13NO. The largest absolute Gasteiger partial charge is 0.398 e.